The van der Waals surface area contributed by atoms with Crippen molar-refractivity contribution in [2.45, 2.75) is 39.5 Å². The third kappa shape index (κ3) is 17.2. The van der Waals surface area contributed by atoms with E-state index in [1.165, 1.54) is 14.7 Å². The van der Waals surface area contributed by atoms with Crippen LogP contribution in [0, 0.1) is 0 Å². The molecule has 0 aliphatic heterocycles. The fourth-order valence-corrected chi connectivity index (χ4v) is 6.09. The van der Waals surface area contributed by atoms with E-state index in [4.69, 9.17) is 44.8 Å². The molecule has 318 valence electrons. The summed E-state index contributed by atoms with van der Waals surface area (Å²) in [6.07, 6.45) is 0. The number of carboxylic acids is 6. The number of nitrogens with zero attached hydrogens (tertiary/aromatic N) is 3. The van der Waals surface area contributed by atoms with Crippen molar-refractivity contribution in [3.8, 4) is 17.2 Å². The predicted molar refractivity (Wildman–Crippen MR) is 210 cm³/mol. The zero-order chi connectivity index (χ0) is 43.6. The lowest BCUT2D eigenvalue weighted by Crippen LogP contribution is -2.33. The minimum atomic E-state index is -1.14. The van der Waals surface area contributed by atoms with E-state index in [2.05, 4.69) is 0 Å². The number of rotatable bonds is 27. The summed E-state index contributed by atoms with van der Waals surface area (Å²) in [5.41, 5.74) is 4.40. The molecule has 4 aromatic rings. The maximum Gasteiger partial charge on any atom is 0.317 e. The average molecular weight is 832 g/mol. The standard InChI is InChI=1S/C42H45N3O15/c46-37(47)19-43(20-38(48)49)16-28-1-7-34(8-2-28)58-25-31-13-32(26-59-35-9-3-29(4-10-35)17-44(21-39(50)51)22-40(52)53)15-33(14-31)27-60-36-11-5-30(6-12-36)18-45(23-41(54)55)24-42(56)57/h1-15H,16-27H2,(H,46,47)(H,48,49)(H,50,51)(H,52,53)(H,54,55)(H,56,57). The second-order valence-electron chi connectivity index (χ2n) is 13.8. The molecule has 4 aromatic carbocycles. The van der Waals surface area contributed by atoms with Gasteiger partial charge in [-0.05, 0) is 88.0 Å². The lowest BCUT2D eigenvalue weighted by Gasteiger charge is -2.18. The first kappa shape index (κ1) is 45.7. The summed E-state index contributed by atoms with van der Waals surface area (Å²) in [4.78, 5) is 71.0. The Morgan fingerprint density at radius 3 is 0.717 bits per heavy atom. The number of hydrogen-bond acceptors (Lipinski definition) is 12. The van der Waals surface area contributed by atoms with Crippen molar-refractivity contribution < 1.29 is 73.6 Å². The molecule has 0 unspecified atom stereocenters. The van der Waals surface area contributed by atoms with Crippen LogP contribution in [0.1, 0.15) is 33.4 Å². The topological polar surface area (TPSA) is 261 Å². The molecule has 18 nitrogen and oxygen atoms in total. The molecule has 0 aliphatic carbocycles. The summed E-state index contributed by atoms with van der Waals surface area (Å²) in [7, 11) is 0. The Kier molecular flexibility index (Phi) is 17.4. The van der Waals surface area contributed by atoms with Crippen LogP contribution in [0.5, 0.6) is 17.2 Å². The molecule has 0 saturated heterocycles. The maximum absolute atomic E-state index is 11.2. The second kappa shape index (κ2) is 22.8. The Labute approximate surface area is 344 Å². The molecule has 0 atom stereocenters. The van der Waals surface area contributed by atoms with Gasteiger partial charge in [-0.1, -0.05) is 36.4 Å². The molecule has 0 spiro atoms. The van der Waals surface area contributed by atoms with E-state index in [0.29, 0.717) is 33.9 Å². The van der Waals surface area contributed by atoms with Crippen LogP contribution in [0.3, 0.4) is 0 Å². The monoisotopic (exact) mass is 831 g/mol. The molecular formula is C42H45N3O15. The van der Waals surface area contributed by atoms with Crippen molar-refractivity contribution in [1.29, 1.82) is 0 Å². The fourth-order valence-electron chi connectivity index (χ4n) is 6.09. The molecule has 0 amide bonds. The van der Waals surface area contributed by atoms with Crippen molar-refractivity contribution >= 4 is 35.8 Å². The Hall–Kier alpha value is -7.02. The average Bonchev–Trinajstić information content (AvgIpc) is 3.15. The summed E-state index contributed by atoms with van der Waals surface area (Å²) in [6, 6.07) is 26.2. The molecule has 0 heterocycles. The van der Waals surface area contributed by atoms with E-state index < -0.39 is 75.1 Å². The molecule has 0 bridgehead atoms. The van der Waals surface area contributed by atoms with Crippen LogP contribution >= 0.6 is 0 Å². The molecule has 18 heteroatoms. The molecule has 0 aromatic heterocycles. The first-order valence-corrected chi connectivity index (χ1v) is 18.3. The molecule has 0 aliphatic rings. The smallest absolute Gasteiger partial charge is 0.317 e. The summed E-state index contributed by atoms with van der Waals surface area (Å²) in [6.45, 7) is -1.86. The number of aliphatic carboxylic acids is 6. The van der Waals surface area contributed by atoms with Crippen molar-refractivity contribution in [2.75, 3.05) is 39.3 Å². The van der Waals surface area contributed by atoms with Crippen LogP contribution < -0.4 is 14.2 Å². The van der Waals surface area contributed by atoms with E-state index in [0.717, 1.165) is 16.7 Å². The largest absolute Gasteiger partial charge is 0.489 e. The summed E-state index contributed by atoms with van der Waals surface area (Å²) >= 11 is 0. The number of ether oxygens (including phenoxy) is 3. The summed E-state index contributed by atoms with van der Waals surface area (Å²) < 4.78 is 18.2. The van der Waals surface area contributed by atoms with E-state index in [9.17, 15) is 28.8 Å². The van der Waals surface area contributed by atoms with Crippen molar-refractivity contribution in [2.24, 2.45) is 0 Å². The van der Waals surface area contributed by atoms with Crippen LogP contribution in [0.25, 0.3) is 0 Å². The van der Waals surface area contributed by atoms with Gasteiger partial charge in [-0.3, -0.25) is 43.5 Å². The van der Waals surface area contributed by atoms with Gasteiger partial charge in [0.25, 0.3) is 0 Å². The highest BCUT2D eigenvalue weighted by atomic mass is 16.5. The van der Waals surface area contributed by atoms with Gasteiger partial charge in [-0.15, -0.1) is 0 Å². The third-order valence-corrected chi connectivity index (χ3v) is 8.47. The molecule has 0 radical (unpaired) electrons. The van der Waals surface area contributed by atoms with Crippen LogP contribution in [-0.4, -0.2) is 120 Å². The van der Waals surface area contributed by atoms with Crippen LogP contribution in [-0.2, 0) is 68.2 Å². The first-order chi connectivity index (χ1) is 28.6. The van der Waals surface area contributed by atoms with Crippen molar-refractivity contribution in [3.63, 3.8) is 0 Å². The van der Waals surface area contributed by atoms with Gasteiger partial charge in [0.2, 0.25) is 0 Å². The number of benzene rings is 4. The normalized spacial score (nSPS) is 11.1. The minimum absolute atomic E-state index is 0.109. The highest BCUT2D eigenvalue weighted by Gasteiger charge is 2.17. The molecule has 6 N–H and O–H groups in total. The van der Waals surface area contributed by atoms with Gasteiger partial charge in [0, 0.05) is 19.6 Å². The van der Waals surface area contributed by atoms with Gasteiger partial charge in [-0.25, -0.2) is 0 Å². The highest BCUT2D eigenvalue weighted by molar-refractivity contribution is 5.73. The third-order valence-electron chi connectivity index (χ3n) is 8.47. The van der Waals surface area contributed by atoms with Gasteiger partial charge in [0.05, 0.1) is 39.3 Å². The Morgan fingerprint density at radius 1 is 0.333 bits per heavy atom. The predicted octanol–water partition coefficient (Wildman–Crippen LogP) is 3.34. The molecule has 0 fully saturated rings. The maximum atomic E-state index is 11.2. The number of hydrogen-bond donors (Lipinski definition) is 6. The molecule has 60 heavy (non-hydrogen) atoms. The van der Waals surface area contributed by atoms with Gasteiger partial charge >= 0.3 is 35.8 Å². The van der Waals surface area contributed by atoms with E-state index in [1.54, 1.807) is 72.8 Å². The summed E-state index contributed by atoms with van der Waals surface area (Å²) in [5, 5.41) is 54.9. The number of carboxylic acid groups (broad SMARTS) is 6. The Morgan fingerprint density at radius 2 is 0.533 bits per heavy atom. The summed E-state index contributed by atoms with van der Waals surface area (Å²) in [5.74, 6) is -5.32. The zero-order valence-electron chi connectivity index (χ0n) is 32.3. The van der Waals surface area contributed by atoms with Crippen LogP contribution in [0.4, 0.5) is 0 Å². The zero-order valence-corrected chi connectivity index (χ0v) is 32.3. The lowest BCUT2D eigenvalue weighted by atomic mass is 10.1. The first-order valence-electron chi connectivity index (χ1n) is 18.3. The number of carbonyl (C=O) groups is 6. The van der Waals surface area contributed by atoms with E-state index >= 15 is 0 Å². The molecule has 0 saturated carbocycles. The Balaban J connectivity index is 1.46. The van der Waals surface area contributed by atoms with E-state index in [-0.39, 0.29) is 39.5 Å². The SMILES string of the molecule is O=C(O)CN(CC(=O)O)Cc1ccc(OCc2cc(COc3ccc(CN(CC(=O)O)CC(=O)O)cc3)cc(COc3ccc(CN(CC(=O)O)CC(=O)O)cc3)c2)cc1. The van der Waals surface area contributed by atoms with Crippen molar-refractivity contribution in [3.05, 3.63) is 124 Å². The fraction of sp³-hybridized carbons (Fsp3) is 0.286. The lowest BCUT2D eigenvalue weighted by molar-refractivity contribution is -0.144. The van der Waals surface area contributed by atoms with Gasteiger partial charge < -0.3 is 44.8 Å². The Bertz CT molecular complexity index is 1790. The van der Waals surface area contributed by atoms with Gasteiger partial charge in [0.1, 0.15) is 37.1 Å². The van der Waals surface area contributed by atoms with Crippen LogP contribution in [0.2, 0.25) is 0 Å². The highest BCUT2D eigenvalue weighted by Crippen LogP contribution is 2.22. The van der Waals surface area contributed by atoms with Gasteiger partial charge in [0.15, 0.2) is 0 Å². The molecular weight excluding hydrogens is 786 g/mol. The minimum Gasteiger partial charge on any atom is -0.489 e. The molecule has 4 rings (SSSR count). The van der Waals surface area contributed by atoms with E-state index in [1.807, 2.05) is 18.2 Å². The van der Waals surface area contributed by atoms with Crippen LogP contribution in [0.15, 0.2) is 91.0 Å². The second-order valence-corrected chi connectivity index (χ2v) is 13.8. The van der Waals surface area contributed by atoms with Gasteiger partial charge in [-0.2, -0.15) is 0 Å². The quantitative estimate of drug-likeness (QED) is 0.0503. The van der Waals surface area contributed by atoms with Crippen molar-refractivity contribution in [1.82, 2.24) is 14.7 Å².